The van der Waals surface area contributed by atoms with E-state index < -0.39 is 0 Å². The minimum absolute atomic E-state index is 0.0135. The predicted octanol–water partition coefficient (Wildman–Crippen LogP) is 0.596. The van der Waals surface area contributed by atoms with Gasteiger partial charge in [-0.25, -0.2) is 0 Å². The second-order valence-electron chi connectivity index (χ2n) is 4.68. The maximum atomic E-state index is 11.6. The van der Waals surface area contributed by atoms with E-state index in [1.165, 1.54) is 6.42 Å². The lowest BCUT2D eigenvalue weighted by atomic mass is 9.79. The number of hydrogen-bond acceptors (Lipinski definition) is 2. The molecule has 0 radical (unpaired) electrons. The molecule has 3 nitrogen and oxygen atoms in total. The van der Waals surface area contributed by atoms with Crippen LogP contribution in [0.5, 0.6) is 0 Å². The van der Waals surface area contributed by atoms with Gasteiger partial charge < -0.3 is 10.6 Å². The molecule has 0 aromatic heterocycles. The summed E-state index contributed by atoms with van der Waals surface area (Å²) in [4.78, 5) is 13.5. The van der Waals surface area contributed by atoms with Crippen molar-refractivity contribution in [3.8, 4) is 11.8 Å². The van der Waals surface area contributed by atoms with Gasteiger partial charge in [0.15, 0.2) is 0 Å². The average Bonchev–Trinajstić information content (AvgIpc) is 2.60. The fourth-order valence-corrected chi connectivity index (χ4v) is 2.82. The number of likely N-dealkylation sites (tertiary alicyclic amines) is 1. The van der Waals surface area contributed by atoms with Gasteiger partial charge in [0.05, 0.1) is 0 Å². The summed E-state index contributed by atoms with van der Waals surface area (Å²) in [5.41, 5.74) is 5.94. The molecule has 3 atom stereocenters. The molecule has 1 saturated carbocycles. The third kappa shape index (κ3) is 2.15. The first kappa shape index (κ1) is 10.5. The smallest absolute Gasteiger partial charge is 0.298 e. The van der Waals surface area contributed by atoms with Crippen molar-refractivity contribution in [2.24, 2.45) is 17.6 Å². The zero-order valence-electron chi connectivity index (χ0n) is 9.20. The monoisotopic (exact) mass is 206 g/mol. The minimum atomic E-state index is -0.0135. The van der Waals surface area contributed by atoms with E-state index in [2.05, 4.69) is 11.8 Å². The molecule has 1 heterocycles. The third-order valence-electron chi connectivity index (χ3n) is 3.61. The van der Waals surface area contributed by atoms with E-state index >= 15 is 0 Å². The first-order valence-corrected chi connectivity index (χ1v) is 5.68. The first-order valence-electron chi connectivity index (χ1n) is 5.68. The first-order chi connectivity index (χ1) is 7.20. The van der Waals surface area contributed by atoms with Crippen LogP contribution >= 0.6 is 0 Å². The van der Waals surface area contributed by atoms with Crippen molar-refractivity contribution in [2.75, 3.05) is 13.1 Å². The average molecular weight is 206 g/mol. The van der Waals surface area contributed by atoms with Gasteiger partial charge in [0.1, 0.15) is 0 Å². The molecule has 2 N–H and O–H groups in total. The van der Waals surface area contributed by atoms with Crippen LogP contribution in [0, 0.1) is 23.7 Å². The summed E-state index contributed by atoms with van der Waals surface area (Å²) in [5, 5.41) is 0. The fourth-order valence-electron chi connectivity index (χ4n) is 2.82. The highest BCUT2D eigenvalue weighted by atomic mass is 16.2. The Morgan fingerprint density at radius 3 is 2.80 bits per heavy atom. The van der Waals surface area contributed by atoms with Crippen LogP contribution in [0.15, 0.2) is 0 Å². The summed E-state index contributed by atoms with van der Waals surface area (Å²) >= 11 is 0. The molecule has 1 amide bonds. The van der Waals surface area contributed by atoms with Gasteiger partial charge in [-0.05, 0) is 43.9 Å². The summed E-state index contributed by atoms with van der Waals surface area (Å²) < 4.78 is 0. The molecule has 2 aliphatic rings. The molecular formula is C12H18N2O. The standard InChI is InChI=1S/C12H18N2O/c1-2-3-12(15)14-7-9-4-5-11(13)6-10(9)8-14/h9-11H,4-8,13H2,1H3/t9-,10+,11?/m1/s1. The molecule has 15 heavy (non-hydrogen) atoms. The summed E-state index contributed by atoms with van der Waals surface area (Å²) in [6.45, 7) is 3.47. The summed E-state index contributed by atoms with van der Waals surface area (Å²) in [5.74, 6) is 6.56. The van der Waals surface area contributed by atoms with Crippen molar-refractivity contribution in [1.29, 1.82) is 0 Å². The van der Waals surface area contributed by atoms with Crippen molar-refractivity contribution in [2.45, 2.75) is 32.2 Å². The Labute approximate surface area is 91.0 Å². The van der Waals surface area contributed by atoms with Crippen molar-refractivity contribution >= 4 is 5.91 Å². The maximum Gasteiger partial charge on any atom is 0.298 e. The lowest BCUT2D eigenvalue weighted by Crippen LogP contribution is -2.32. The normalized spacial score (nSPS) is 34.3. The molecule has 0 aromatic rings. The van der Waals surface area contributed by atoms with Crippen LogP contribution < -0.4 is 5.73 Å². The van der Waals surface area contributed by atoms with Crippen LogP contribution in [-0.4, -0.2) is 29.9 Å². The SMILES string of the molecule is CC#CC(=O)N1C[C@H]2CCC(N)C[C@H]2C1. The van der Waals surface area contributed by atoms with Gasteiger partial charge in [0, 0.05) is 19.1 Å². The van der Waals surface area contributed by atoms with E-state index in [0.717, 1.165) is 25.9 Å². The van der Waals surface area contributed by atoms with Crippen LogP contribution in [0.25, 0.3) is 0 Å². The Bertz CT molecular complexity index is 315. The molecule has 0 bridgehead atoms. The van der Waals surface area contributed by atoms with Gasteiger partial charge in [0.2, 0.25) is 0 Å². The molecule has 1 saturated heterocycles. The quantitative estimate of drug-likeness (QED) is 0.590. The largest absolute Gasteiger partial charge is 0.331 e. The van der Waals surface area contributed by atoms with E-state index in [-0.39, 0.29) is 5.91 Å². The van der Waals surface area contributed by atoms with Crippen LogP contribution in [0.1, 0.15) is 26.2 Å². The fraction of sp³-hybridized carbons (Fsp3) is 0.750. The second kappa shape index (κ2) is 4.24. The molecule has 1 aliphatic carbocycles. The van der Waals surface area contributed by atoms with Crippen LogP contribution in [0.4, 0.5) is 0 Å². The number of hydrogen-bond donors (Lipinski definition) is 1. The number of nitrogens with two attached hydrogens (primary N) is 1. The molecule has 82 valence electrons. The second-order valence-corrected chi connectivity index (χ2v) is 4.68. The number of fused-ring (bicyclic) bond motifs is 1. The highest BCUT2D eigenvalue weighted by molar-refractivity contribution is 5.93. The van der Waals surface area contributed by atoms with E-state index in [4.69, 9.17) is 5.73 Å². The molecule has 2 rings (SSSR count). The Balaban J connectivity index is 1.98. The Morgan fingerprint density at radius 1 is 1.33 bits per heavy atom. The van der Waals surface area contributed by atoms with E-state index in [9.17, 15) is 4.79 Å². The van der Waals surface area contributed by atoms with Gasteiger partial charge in [0.25, 0.3) is 5.91 Å². The third-order valence-corrected chi connectivity index (χ3v) is 3.61. The van der Waals surface area contributed by atoms with Crippen LogP contribution in [-0.2, 0) is 4.79 Å². The molecular weight excluding hydrogens is 188 g/mol. The summed E-state index contributed by atoms with van der Waals surface area (Å²) in [7, 11) is 0. The highest BCUT2D eigenvalue weighted by Gasteiger charge is 2.38. The predicted molar refractivity (Wildman–Crippen MR) is 58.8 cm³/mol. The summed E-state index contributed by atoms with van der Waals surface area (Å²) in [6, 6.07) is 0.346. The number of amides is 1. The van der Waals surface area contributed by atoms with Gasteiger partial charge in [-0.15, -0.1) is 0 Å². The van der Waals surface area contributed by atoms with E-state index in [1.807, 2.05) is 4.90 Å². The lowest BCUT2D eigenvalue weighted by Gasteiger charge is -2.27. The molecule has 0 spiro atoms. The van der Waals surface area contributed by atoms with E-state index in [1.54, 1.807) is 6.92 Å². The molecule has 2 fully saturated rings. The number of carbonyl (C=O) groups excluding carboxylic acids is 1. The summed E-state index contributed by atoms with van der Waals surface area (Å²) in [6.07, 6.45) is 3.37. The van der Waals surface area contributed by atoms with Gasteiger partial charge >= 0.3 is 0 Å². The lowest BCUT2D eigenvalue weighted by molar-refractivity contribution is -0.124. The van der Waals surface area contributed by atoms with Crippen molar-refractivity contribution in [1.82, 2.24) is 4.90 Å². The number of nitrogens with zero attached hydrogens (tertiary/aromatic N) is 1. The molecule has 1 unspecified atom stereocenters. The van der Waals surface area contributed by atoms with Crippen LogP contribution in [0.2, 0.25) is 0 Å². The van der Waals surface area contributed by atoms with Gasteiger partial charge in [-0.1, -0.05) is 5.92 Å². The Kier molecular flexibility index (Phi) is 2.97. The van der Waals surface area contributed by atoms with Crippen molar-refractivity contribution < 1.29 is 4.79 Å². The zero-order chi connectivity index (χ0) is 10.8. The van der Waals surface area contributed by atoms with E-state index in [0.29, 0.717) is 17.9 Å². The maximum absolute atomic E-state index is 11.6. The van der Waals surface area contributed by atoms with Gasteiger partial charge in [-0.3, -0.25) is 4.79 Å². The van der Waals surface area contributed by atoms with Crippen molar-refractivity contribution in [3.05, 3.63) is 0 Å². The molecule has 3 heteroatoms. The zero-order valence-corrected chi connectivity index (χ0v) is 9.20. The minimum Gasteiger partial charge on any atom is -0.331 e. The number of carbonyl (C=O) groups is 1. The van der Waals surface area contributed by atoms with Crippen LogP contribution in [0.3, 0.4) is 0 Å². The number of rotatable bonds is 0. The Morgan fingerprint density at radius 2 is 2.07 bits per heavy atom. The topological polar surface area (TPSA) is 46.3 Å². The molecule has 0 aromatic carbocycles. The highest BCUT2D eigenvalue weighted by Crippen LogP contribution is 2.35. The molecule has 1 aliphatic heterocycles. The Hall–Kier alpha value is -1.01. The van der Waals surface area contributed by atoms with Gasteiger partial charge in [-0.2, -0.15) is 0 Å². The van der Waals surface area contributed by atoms with Crippen molar-refractivity contribution in [3.63, 3.8) is 0 Å².